The topological polar surface area (TPSA) is 93.1 Å². The van der Waals surface area contributed by atoms with Gasteiger partial charge in [0.15, 0.2) is 0 Å². The number of rotatable bonds is 6. The number of carbonyl (C=O) groups is 3. The number of carboxylic acids is 1. The van der Waals surface area contributed by atoms with Crippen LogP contribution in [0.25, 0.3) is 0 Å². The SMILES string of the molecule is CCOC(=O)OC(C)c1c(C(=O)O)ccc(N2C(=O)CSC2c2ccc(F)cc2)c1C. The van der Waals surface area contributed by atoms with E-state index in [-0.39, 0.29) is 35.2 Å². The van der Waals surface area contributed by atoms with Gasteiger partial charge >= 0.3 is 12.1 Å². The number of anilines is 1. The number of hydrogen-bond acceptors (Lipinski definition) is 6. The summed E-state index contributed by atoms with van der Waals surface area (Å²) < 4.78 is 23.4. The van der Waals surface area contributed by atoms with Crippen molar-refractivity contribution in [1.82, 2.24) is 0 Å². The summed E-state index contributed by atoms with van der Waals surface area (Å²) in [5.41, 5.74) is 2.00. The first kappa shape index (κ1) is 22.6. The fraction of sp³-hybridized carbons (Fsp3) is 0.318. The first-order chi connectivity index (χ1) is 14.7. The van der Waals surface area contributed by atoms with E-state index < -0.39 is 23.6 Å². The van der Waals surface area contributed by atoms with Crippen LogP contribution in [0.4, 0.5) is 14.9 Å². The Morgan fingerprint density at radius 2 is 1.94 bits per heavy atom. The molecule has 0 aliphatic carbocycles. The smallest absolute Gasteiger partial charge is 0.478 e. The zero-order valence-electron chi connectivity index (χ0n) is 17.3. The van der Waals surface area contributed by atoms with Crippen molar-refractivity contribution in [1.29, 1.82) is 0 Å². The summed E-state index contributed by atoms with van der Waals surface area (Å²) in [7, 11) is 0. The van der Waals surface area contributed by atoms with Crippen molar-refractivity contribution >= 4 is 35.5 Å². The van der Waals surface area contributed by atoms with Gasteiger partial charge in [0.05, 0.1) is 17.9 Å². The minimum absolute atomic E-state index is 0.0318. The predicted molar refractivity (Wildman–Crippen MR) is 114 cm³/mol. The lowest BCUT2D eigenvalue weighted by Crippen LogP contribution is -2.29. The third-order valence-corrected chi connectivity index (χ3v) is 6.15. The minimum atomic E-state index is -1.18. The molecule has 1 aliphatic heterocycles. The normalized spacial score (nSPS) is 16.8. The number of carbonyl (C=O) groups excluding carboxylic acids is 2. The fourth-order valence-electron chi connectivity index (χ4n) is 3.60. The monoisotopic (exact) mass is 447 g/mol. The van der Waals surface area contributed by atoms with Gasteiger partial charge in [-0.15, -0.1) is 11.8 Å². The van der Waals surface area contributed by atoms with Gasteiger partial charge in [0.25, 0.3) is 0 Å². The van der Waals surface area contributed by atoms with Crippen molar-refractivity contribution in [3.8, 4) is 0 Å². The third kappa shape index (κ3) is 4.66. The summed E-state index contributed by atoms with van der Waals surface area (Å²) in [5, 5.41) is 9.26. The van der Waals surface area contributed by atoms with Crippen LogP contribution < -0.4 is 4.90 Å². The number of nitrogens with zero attached hydrogens (tertiary/aromatic N) is 1. The van der Waals surface area contributed by atoms with Crippen LogP contribution >= 0.6 is 11.8 Å². The second-order valence-electron chi connectivity index (χ2n) is 6.90. The third-order valence-electron chi connectivity index (χ3n) is 4.94. The molecule has 1 heterocycles. The Morgan fingerprint density at radius 1 is 1.26 bits per heavy atom. The molecule has 1 N–H and O–H groups in total. The quantitative estimate of drug-likeness (QED) is 0.633. The van der Waals surface area contributed by atoms with Crippen LogP contribution in [-0.2, 0) is 14.3 Å². The molecule has 2 unspecified atom stereocenters. The summed E-state index contributed by atoms with van der Waals surface area (Å²) in [4.78, 5) is 37.9. The molecule has 7 nitrogen and oxygen atoms in total. The summed E-state index contributed by atoms with van der Waals surface area (Å²) in [5.74, 6) is -1.48. The van der Waals surface area contributed by atoms with Crippen molar-refractivity contribution in [2.24, 2.45) is 0 Å². The largest absolute Gasteiger partial charge is 0.508 e. The number of aromatic carboxylic acids is 1. The van der Waals surface area contributed by atoms with Crippen LogP contribution in [0.2, 0.25) is 0 Å². The molecule has 2 aromatic rings. The Kier molecular flexibility index (Phi) is 6.84. The molecule has 9 heteroatoms. The maximum Gasteiger partial charge on any atom is 0.508 e. The fourth-order valence-corrected chi connectivity index (χ4v) is 4.77. The molecule has 0 spiro atoms. The van der Waals surface area contributed by atoms with Crippen molar-refractivity contribution in [3.05, 3.63) is 64.5 Å². The van der Waals surface area contributed by atoms with Gasteiger partial charge in [-0.3, -0.25) is 9.69 Å². The molecule has 0 aromatic heterocycles. The molecule has 3 rings (SSSR count). The molecular formula is C22H22FNO6S. The number of benzene rings is 2. The molecule has 0 saturated carbocycles. The highest BCUT2D eigenvalue weighted by atomic mass is 32.2. The number of thioether (sulfide) groups is 1. The van der Waals surface area contributed by atoms with E-state index >= 15 is 0 Å². The van der Waals surface area contributed by atoms with Gasteiger partial charge in [0.2, 0.25) is 5.91 Å². The summed E-state index contributed by atoms with van der Waals surface area (Å²) in [6.45, 7) is 4.98. The Bertz CT molecular complexity index is 1010. The van der Waals surface area contributed by atoms with Crippen molar-refractivity contribution in [3.63, 3.8) is 0 Å². The van der Waals surface area contributed by atoms with Crippen LogP contribution in [0.1, 0.15) is 52.4 Å². The second-order valence-corrected chi connectivity index (χ2v) is 7.97. The summed E-state index contributed by atoms with van der Waals surface area (Å²) >= 11 is 1.40. The highest BCUT2D eigenvalue weighted by molar-refractivity contribution is 8.00. The second kappa shape index (κ2) is 9.38. The van der Waals surface area contributed by atoms with Gasteiger partial charge in [-0.25, -0.2) is 14.0 Å². The lowest BCUT2D eigenvalue weighted by Gasteiger charge is -2.28. The van der Waals surface area contributed by atoms with Crippen molar-refractivity contribution < 1.29 is 33.4 Å². The van der Waals surface area contributed by atoms with Crippen LogP contribution in [0.3, 0.4) is 0 Å². The van der Waals surface area contributed by atoms with Crippen LogP contribution in [0.15, 0.2) is 36.4 Å². The first-order valence-electron chi connectivity index (χ1n) is 9.63. The molecular weight excluding hydrogens is 425 g/mol. The summed E-state index contributed by atoms with van der Waals surface area (Å²) in [6, 6.07) is 8.86. The van der Waals surface area contributed by atoms with Gasteiger partial charge in [-0.2, -0.15) is 0 Å². The average molecular weight is 447 g/mol. The van der Waals surface area contributed by atoms with Gasteiger partial charge in [-0.05, 0) is 56.2 Å². The van der Waals surface area contributed by atoms with Crippen molar-refractivity contribution in [2.45, 2.75) is 32.2 Å². The number of halogens is 1. The molecule has 1 amide bonds. The zero-order valence-corrected chi connectivity index (χ0v) is 18.1. The molecule has 0 radical (unpaired) electrons. The van der Waals surface area contributed by atoms with Crippen LogP contribution in [0, 0.1) is 12.7 Å². The number of carboxylic acid groups (broad SMARTS) is 1. The van der Waals surface area contributed by atoms with Crippen molar-refractivity contribution in [2.75, 3.05) is 17.3 Å². The lowest BCUT2D eigenvalue weighted by atomic mass is 9.95. The molecule has 1 aliphatic rings. The van der Waals surface area contributed by atoms with Gasteiger partial charge < -0.3 is 14.6 Å². The highest BCUT2D eigenvalue weighted by Crippen LogP contribution is 2.44. The number of ether oxygens (including phenoxy) is 2. The van der Waals surface area contributed by atoms with Gasteiger partial charge in [0.1, 0.15) is 17.3 Å². The minimum Gasteiger partial charge on any atom is -0.478 e. The zero-order chi connectivity index (χ0) is 22.7. The van der Waals surface area contributed by atoms with E-state index in [1.807, 2.05) is 0 Å². The Balaban J connectivity index is 2.06. The molecule has 1 fully saturated rings. The molecule has 1 saturated heterocycles. The highest BCUT2D eigenvalue weighted by Gasteiger charge is 2.36. The van der Waals surface area contributed by atoms with E-state index in [1.165, 1.54) is 30.0 Å². The Morgan fingerprint density at radius 3 is 2.55 bits per heavy atom. The Hall–Kier alpha value is -3.07. The predicted octanol–water partition coefficient (Wildman–Crippen LogP) is 4.85. The average Bonchev–Trinajstić information content (AvgIpc) is 3.09. The molecule has 2 aromatic carbocycles. The standard InChI is InChI=1S/C22H22FNO6S/c1-4-29-22(28)30-13(3)19-12(2)17(10-9-16(19)21(26)27)24-18(25)11-31-20(24)14-5-7-15(23)8-6-14/h5-10,13,20H,4,11H2,1-3H3,(H,26,27). The van der Waals surface area contributed by atoms with Crippen LogP contribution in [0.5, 0.6) is 0 Å². The van der Waals surface area contributed by atoms with Crippen LogP contribution in [-0.4, -0.2) is 35.5 Å². The molecule has 0 bridgehead atoms. The Labute approximate surface area is 183 Å². The maximum atomic E-state index is 13.4. The van der Waals surface area contributed by atoms with E-state index in [9.17, 15) is 23.9 Å². The van der Waals surface area contributed by atoms with Gasteiger partial charge in [-0.1, -0.05) is 12.1 Å². The summed E-state index contributed by atoms with van der Waals surface area (Å²) in [6.07, 6.45) is -1.83. The van der Waals surface area contributed by atoms with E-state index in [4.69, 9.17) is 9.47 Å². The van der Waals surface area contributed by atoms with E-state index in [1.54, 1.807) is 43.9 Å². The molecule has 2 atom stereocenters. The molecule has 31 heavy (non-hydrogen) atoms. The number of hydrogen-bond donors (Lipinski definition) is 1. The maximum absolute atomic E-state index is 13.4. The first-order valence-corrected chi connectivity index (χ1v) is 10.7. The lowest BCUT2D eigenvalue weighted by molar-refractivity contribution is -0.115. The van der Waals surface area contributed by atoms with E-state index in [2.05, 4.69) is 0 Å². The van der Waals surface area contributed by atoms with E-state index in [0.717, 1.165) is 5.56 Å². The molecule has 164 valence electrons. The van der Waals surface area contributed by atoms with E-state index in [0.29, 0.717) is 11.3 Å². The number of amides is 1. The van der Waals surface area contributed by atoms with Gasteiger partial charge in [0, 0.05) is 11.3 Å².